The summed E-state index contributed by atoms with van der Waals surface area (Å²) >= 11 is 3.41. The molecule has 0 heterocycles. The molecule has 0 spiro atoms. The minimum atomic E-state index is -2.91. The van der Waals surface area contributed by atoms with Crippen molar-refractivity contribution in [3.05, 3.63) is 28.2 Å². The number of nitrogens with one attached hydrogen (secondary N) is 1. The molecular formula is C14H22BrNO4S. The van der Waals surface area contributed by atoms with Crippen LogP contribution in [0, 0.1) is 6.92 Å². The number of benzene rings is 1. The first kappa shape index (κ1) is 18.4. The fourth-order valence-electron chi connectivity index (χ4n) is 1.70. The quantitative estimate of drug-likeness (QED) is 0.636. The fraction of sp³-hybridized carbons (Fsp3) is 0.571. The molecule has 0 aliphatic rings. The van der Waals surface area contributed by atoms with Gasteiger partial charge in [0.2, 0.25) is 0 Å². The molecule has 2 N–H and O–H groups in total. The van der Waals surface area contributed by atoms with Gasteiger partial charge in [0, 0.05) is 12.8 Å². The van der Waals surface area contributed by atoms with Crippen molar-refractivity contribution in [2.75, 3.05) is 31.7 Å². The van der Waals surface area contributed by atoms with E-state index in [0.717, 1.165) is 10.0 Å². The number of halogens is 1. The second-order valence-corrected chi connectivity index (χ2v) is 8.20. The minimum absolute atomic E-state index is 0.156. The van der Waals surface area contributed by atoms with E-state index in [2.05, 4.69) is 21.2 Å². The summed E-state index contributed by atoms with van der Waals surface area (Å²) in [5.41, 5.74) is 1.13. The molecule has 5 nitrogen and oxygen atoms in total. The average Bonchev–Trinajstić information content (AvgIpc) is 2.36. The van der Waals surface area contributed by atoms with Crippen LogP contribution < -0.4 is 10.1 Å². The van der Waals surface area contributed by atoms with E-state index in [-0.39, 0.29) is 12.4 Å². The Kier molecular flexibility index (Phi) is 7.65. The van der Waals surface area contributed by atoms with Crippen LogP contribution >= 0.6 is 15.9 Å². The van der Waals surface area contributed by atoms with E-state index in [1.807, 2.05) is 25.1 Å². The van der Waals surface area contributed by atoms with E-state index in [0.29, 0.717) is 25.3 Å². The maximum absolute atomic E-state index is 10.9. The van der Waals surface area contributed by atoms with E-state index >= 15 is 0 Å². The summed E-state index contributed by atoms with van der Waals surface area (Å²) in [7, 11) is -2.91. The van der Waals surface area contributed by atoms with Crippen LogP contribution in [0.3, 0.4) is 0 Å². The van der Waals surface area contributed by atoms with Gasteiger partial charge in [0.25, 0.3) is 0 Å². The highest BCUT2D eigenvalue weighted by molar-refractivity contribution is 9.10. The first-order valence-corrected chi connectivity index (χ1v) is 9.59. The summed E-state index contributed by atoms with van der Waals surface area (Å²) in [5.74, 6) is 0.847. The van der Waals surface area contributed by atoms with Crippen molar-refractivity contribution in [3.63, 3.8) is 0 Å². The molecule has 1 rings (SSSR count). The zero-order valence-corrected chi connectivity index (χ0v) is 14.7. The van der Waals surface area contributed by atoms with Gasteiger partial charge in [0.05, 0.1) is 10.2 Å². The Balaban J connectivity index is 2.20. The van der Waals surface area contributed by atoms with Crippen LogP contribution in [-0.4, -0.2) is 51.3 Å². The molecule has 0 amide bonds. The molecule has 1 aromatic rings. The summed E-state index contributed by atoms with van der Waals surface area (Å²) in [5, 5.41) is 12.8. The van der Waals surface area contributed by atoms with E-state index in [4.69, 9.17) is 4.74 Å². The van der Waals surface area contributed by atoms with Crippen LogP contribution in [0.15, 0.2) is 22.7 Å². The first-order valence-electron chi connectivity index (χ1n) is 6.73. The fourth-order valence-corrected chi connectivity index (χ4v) is 2.97. The minimum Gasteiger partial charge on any atom is -0.490 e. The van der Waals surface area contributed by atoms with Crippen molar-refractivity contribution in [1.82, 2.24) is 5.32 Å². The number of sulfone groups is 1. The number of ether oxygens (including phenoxy) is 1. The van der Waals surface area contributed by atoms with Gasteiger partial charge in [-0.3, -0.25) is 0 Å². The lowest BCUT2D eigenvalue weighted by molar-refractivity contribution is 0.106. The van der Waals surface area contributed by atoms with Crippen LogP contribution in [0.1, 0.15) is 12.0 Å². The van der Waals surface area contributed by atoms with Gasteiger partial charge < -0.3 is 15.2 Å². The number of rotatable bonds is 9. The zero-order valence-electron chi connectivity index (χ0n) is 12.3. The van der Waals surface area contributed by atoms with Crippen LogP contribution in [0.25, 0.3) is 0 Å². The molecule has 0 radical (unpaired) electrons. The first-order chi connectivity index (χ1) is 9.78. The van der Waals surface area contributed by atoms with E-state index in [9.17, 15) is 13.5 Å². The second-order valence-electron chi connectivity index (χ2n) is 5.09. The third-order valence-electron chi connectivity index (χ3n) is 2.77. The third kappa shape index (κ3) is 8.40. The third-order valence-corrected chi connectivity index (χ3v) is 4.42. The largest absolute Gasteiger partial charge is 0.490 e. The van der Waals surface area contributed by atoms with Gasteiger partial charge in [-0.15, -0.1) is 0 Å². The molecule has 0 aliphatic carbocycles. The van der Waals surface area contributed by atoms with E-state index in [1.165, 1.54) is 6.26 Å². The molecule has 1 atom stereocenters. The van der Waals surface area contributed by atoms with Crippen molar-refractivity contribution < 1.29 is 18.3 Å². The standard InChI is InChI=1S/C14H22BrNO4S/c1-11-4-5-14(13(15)8-11)20-10-12(17)9-16-6-3-7-21(2,18)19/h4-5,8,12,16-17H,3,6-7,9-10H2,1-2H3. The lowest BCUT2D eigenvalue weighted by Gasteiger charge is -2.14. The molecular weight excluding hydrogens is 358 g/mol. The molecule has 7 heteroatoms. The molecule has 0 aromatic heterocycles. The molecule has 1 unspecified atom stereocenters. The van der Waals surface area contributed by atoms with Crippen LogP contribution in [0.5, 0.6) is 5.75 Å². The Labute approximate surface area is 134 Å². The van der Waals surface area contributed by atoms with Gasteiger partial charge in [-0.25, -0.2) is 8.42 Å². The maximum Gasteiger partial charge on any atom is 0.147 e. The maximum atomic E-state index is 10.9. The highest BCUT2D eigenvalue weighted by Gasteiger charge is 2.07. The SMILES string of the molecule is Cc1ccc(OCC(O)CNCCCS(C)(=O)=O)c(Br)c1. The average molecular weight is 380 g/mol. The van der Waals surface area contributed by atoms with Gasteiger partial charge in [-0.2, -0.15) is 0 Å². The summed E-state index contributed by atoms with van der Waals surface area (Å²) in [4.78, 5) is 0. The number of aliphatic hydroxyl groups is 1. The highest BCUT2D eigenvalue weighted by atomic mass is 79.9. The number of aliphatic hydroxyl groups excluding tert-OH is 1. The summed E-state index contributed by atoms with van der Waals surface area (Å²) in [6.45, 7) is 3.09. The Bertz CT molecular complexity index is 548. The van der Waals surface area contributed by atoms with Gasteiger partial charge in [-0.1, -0.05) is 6.07 Å². The predicted molar refractivity (Wildman–Crippen MR) is 87.6 cm³/mol. The van der Waals surface area contributed by atoms with Gasteiger partial charge in [-0.05, 0) is 53.5 Å². The van der Waals surface area contributed by atoms with Crippen molar-refractivity contribution in [2.45, 2.75) is 19.4 Å². The monoisotopic (exact) mass is 379 g/mol. The highest BCUT2D eigenvalue weighted by Crippen LogP contribution is 2.25. The smallest absolute Gasteiger partial charge is 0.147 e. The molecule has 0 aliphatic heterocycles. The Morgan fingerprint density at radius 2 is 2.14 bits per heavy atom. The molecule has 120 valence electrons. The Hall–Kier alpha value is -0.630. The van der Waals surface area contributed by atoms with E-state index in [1.54, 1.807) is 0 Å². The molecule has 1 aromatic carbocycles. The van der Waals surface area contributed by atoms with Gasteiger partial charge >= 0.3 is 0 Å². The topological polar surface area (TPSA) is 75.6 Å². The number of hydrogen-bond acceptors (Lipinski definition) is 5. The zero-order chi connectivity index (χ0) is 15.9. The second kappa shape index (κ2) is 8.73. The molecule has 0 bridgehead atoms. The Morgan fingerprint density at radius 3 is 2.76 bits per heavy atom. The van der Waals surface area contributed by atoms with E-state index < -0.39 is 15.9 Å². The lowest BCUT2D eigenvalue weighted by atomic mass is 10.2. The molecule has 0 saturated heterocycles. The summed E-state index contributed by atoms with van der Waals surface area (Å²) in [6.07, 6.45) is 1.11. The number of aryl methyl sites for hydroxylation is 1. The molecule has 0 fully saturated rings. The molecule has 0 saturated carbocycles. The van der Waals surface area contributed by atoms with Crippen molar-refractivity contribution in [3.8, 4) is 5.75 Å². The van der Waals surface area contributed by atoms with Crippen LogP contribution in [0.2, 0.25) is 0 Å². The summed E-state index contributed by atoms with van der Waals surface area (Å²) in [6, 6.07) is 5.74. The van der Waals surface area contributed by atoms with Crippen molar-refractivity contribution in [1.29, 1.82) is 0 Å². The van der Waals surface area contributed by atoms with Gasteiger partial charge in [0.15, 0.2) is 0 Å². The molecule has 21 heavy (non-hydrogen) atoms. The van der Waals surface area contributed by atoms with Gasteiger partial charge in [0.1, 0.15) is 28.3 Å². The predicted octanol–water partition coefficient (Wildman–Crippen LogP) is 1.52. The van der Waals surface area contributed by atoms with Crippen molar-refractivity contribution in [2.24, 2.45) is 0 Å². The number of hydrogen-bond donors (Lipinski definition) is 2. The van der Waals surface area contributed by atoms with Crippen molar-refractivity contribution >= 4 is 25.8 Å². The van der Waals surface area contributed by atoms with Crippen LogP contribution in [-0.2, 0) is 9.84 Å². The summed E-state index contributed by atoms with van der Waals surface area (Å²) < 4.78 is 28.3. The Morgan fingerprint density at radius 1 is 1.43 bits per heavy atom. The normalized spacial score (nSPS) is 13.1. The van der Waals surface area contributed by atoms with Crippen LogP contribution in [0.4, 0.5) is 0 Å². The lowest BCUT2D eigenvalue weighted by Crippen LogP contribution is -2.32.